The van der Waals surface area contributed by atoms with Gasteiger partial charge in [-0.2, -0.15) is 0 Å². The molecule has 85 heavy (non-hydrogen) atoms. The molecular weight excluding hydrogens is 1170 g/mol. The molecule has 0 spiro atoms. The summed E-state index contributed by atoms with van der Waals surface area (Å²) >= 11 is 0. The molecular formula is C47H79N3O35. The summed E-state index contributed by atoms with van der Waals surface area (Å²) in [4.78, 5) is 2.69. The maximum Gasteiger partial charge on any atom is 0.187 e. The van der Waals surface area contributed by atoms with Crippen LogP contribution in [0.4, 0.5) is 0 Å². The highest BCUT2D eigenvalue weighted by molar-refractivity contribution is 5.02. The van der Waals surface area contributed by atoms with Gasteiger partial charge in [0, 0.05) is 18.1 Å². The first-order valence-electron chi connectivity index (χ1n) is 27.6. The summed E-state index contributed by atoms with van der Waals surface area (Å²) in [5, 5.41) is 226. The Kier molecular flexibility index (Phi) is 24.9. The predicted octanol–water partition coefficient (Wildman–Crippen LogP) is -12.7. The molecule has 15 aliphatic heterocycles. The maximum atomic E-state index is 12.1. The van der Waals surface area contributed by atoms with Crippen LogP contribution in [0.2, 0.25) is 0 Å². The van der Waals surface area contributed by atoms with Crippen molar-refractivity contribution in [1.82, 2.24) is 0 Å². The summed E-state index contributed by atoms with van der Waals surface area (Å²) in [7, 11) is 0. The van der Waals surface area contributed by atoms with Crippen LogP contribution in [0, 0.1) is 0 Å². The van der Waals surface area contributed by atoms with E-state index in [9.17, 15) is 102 Å². The SMILES string of the molecule is [N-]=[N+]=NCCCCCO[C@H]1[C@@H]2O[C@H]3[C@H](O)[C@@H](O)[C@@H](O[C@H]4[C@H](O)[C@@H](O)[C@@H](O[C@H]5[C@H](O)[C@@H](O)[C@@H](O[C@H]6[C@H](O)[C@@H](O)[C@@H](O[C@H]7[C@H](O)[C@@H](O)[C@@H](O[C@H]8[C@H](O)[C@@H](O)[C@@H](O[C@H]([C@@H]1O)[C@@H](CO)O2)O[C@@H]8CO)O[C@@H]7CO)O[C@@H]6CO)O[C@@H]5CO)O[C@@H]4CO)O[C@@H]3CO. The van der Waals surface area contributed by atoms with E-state index in [1.807, 2.05) is 0 Å². The molecule has 0 saturated carbocycles. The Balaban J connectivity index is 1.10. The molecule has 15 fully saturated rings. The highest BCUT2D eigenvalue weighted by Gasteiger charge is 2.60. The number of hydrogen-bond donors (Lipinski definition) is 20. The third kappa shape index (κ3) is 14.7. The zero-order chi connectivity index (χ0) is 61.7. The lowest BCUT2D eigenvalue weighted by molar-refractivity contribution is -0.398. The van der Waals surface area contributed by atoms with Gasteiger partial charge in [-0.05, 0) is 18.4 Å². The Labute approximate surface area is 481 Å². The lowest BCUT2D eigenvalue weighted by Gasteiger charge is -2.50. The van der Waals surface area contributed by atoms with E-state index in [1.54, 1.807) is 0 Å². The number of fused-ring (bicyclic) bond motifs is 7. The minimum absolute atomic E-state index is 0.131. The maximum absolute atomic E-state index is 12.1. The average molecular weight is 1250 g/mol. The summed E-state index contributed by atoms with van der Waals surface area (Å²) in [5.41, 5.74) is 8.67. The van der Waals surface area contributed by atoms with Gasteiger partial charge in [-0.15, -0.1) is 0 Å². The van der Waals surface area contributed by atoms with E-state index in [1.165, 1.54) is 0 Å². The Bertz CT molecular complexity index is 2070. The van der Waals surface area contributed by atoms with Gasteiger partial charge in [-0.1, -0.05) is 11.5 Å². The van der Waals surface area contributed by atoms with Gasteiger partial charge in [0.2, 0.25) is 0 Å². The number of aliphatic hydroxyl groups is 20. The number of aliphatic hydroxyl groups excluding tert-OH is 20. The Morgan fingerprint density at radius 3 is 0.741 bits per heavy atom. The Morgan fingerprint density at radius 2 is 0.506 bits per heavy atom. The largest absolute Gasteiger partial charge is 0.394 e. The number of ether oxygens (including phenoxy) is 15. The van der Waals surface area contributed by atoms with Crippen molar-refractivity contribution in [3.63, 3.8) is 0 Å². The van der Waals surface area contributed by atoms with Gasteiger partial charge < -0.3 is 173 Å². The van der Waals surface area contributed by atoms with Crippen LogP contribution in [-0.4, -0.2) is 376 Å². The summed E-state index contributed by atoms with van der Waals surface area (Å²) in [6.45, 7) is -7.36. The van der Waals surface area contributed by atoms with Gasteiger partial charge in [0.1, 0.15) is 171 Å². The van der Waals surface area contributed by atoms with Gasteiger partial charge in [0.25, 0.3) is 0 Å². The molecule has 0 aliphatic carbocycles. The minimum atomic E-state index is -2.22. The van der Waals surface area contributed by atoms with Crippen LogP contribution in [0.3, 0.4) is 0 Å². The topological polar surface area (TPSA) is 592 Å². The molecule has 38 nitrogen and oxygen atoms in total. The lowest BCUT2D eigenvalue weighted by atomic mass is 9.95. The van der Waals surface area contributed by atoms with Gasteiger partial charge in [-0.3, -0.25) is 0 Å². The molecule has 0 amide bonds. The molecule has 35 atom stereocenters. The van der Waals surface area contributed by atoms with Gasteiger partial charge in [-0.25, -0.2) is 0 Å². The number of unbranched alkanes of at least 4 members (excludes halogenated alkanes) is 2. The number of nitrogens with zero attached hydrogens (tertiary/aromatic N) is 3. The monoisotopic (exact) mass is 1250 g/mol. The first kappa shape index (κ1) is 68.8. The van der Waals surface area contributed by atoms with Crippen LogP contribution in [0.1, 0.15) is 19.3 Å². The van der Waals surface area contributed by atoms with Crippen LogP contribution >= 0.6 is 0 Å². The molecule has 15 aliphatic rings. The molecule has 15 rings (SSSR count). The zero-order valence-electron chi connectivity index (χ0n) is 45.1. The summed E-state index contributed by atoms with van der Waals surface area (Å²) in [5.74, 6) is 0. The van der Waals surface area contributed by atoms with Crippen molar-refractivity contribution in [3.8, 4) is 0 Å². The van der Waals surface area contributed by atoms with Crippen molar-refractivity contribution in [3.05, 3.63) is 10.4 Å². The van der Waals surface area contributed by atoms with Crippen LogP contribution in [0.5, 0.6) is 0 Å². The second-order valence-electron chi connectivity index (χ2n) is 21.5. The summed E-state index contributed by atoms with van der Waals surface area (Å²) in [6, 6.07) is 0. The van der Waals surface area contributed by atoms with E-state index in [0.29, 0.717) is 12.8 Å². The van der Waals surface area contributed by atoms with Crippen molar-refractivity contribution in [2.24, 2.45) is 5.11 Å². The van der Waals surface area contributed by atoms with E-state index in [-0.39, 0.29) is 19.6 Å². The third-order valence-corrected chi connectivity index (χ3v) is 16.0. The lowest BCUT2D eigenvalue weighted by Crippen LogP contribution is -2.68. The van der Waals surface area contributed by atoms with E-state index in [0.717, 1.165) is 0 Å². The fraction of sp³-hybridized carbons (Fsp3) is 1.00. The van der Waals surface area contributed by atoms with Crippen LogP contribution in [-0.2, 0) is 71.1 Å². The predicted molar refractivity (Wildman–Crippen MR) is 260 cm³/mol. The molecule has 0 aromatic carbocycles. The molecule has 0 unspecified atom stereocenters. The smallest absolute Gasteiger partial charge is 0.187 e. The second kappa shape index (κ2) is 30.8. The van der Waals surface area contributed by atoms with Crippen molar-refractivity contribution in [2.75, 3.05) is 59.4 Å². The standard InChI is InChI=1S/C47H79N3O35/c48-50-49-4-2-1-3-5-71-40-32(70)39-19(12-57)78-47(40)85-38-18(11-56)77-45(31(69)25(38)63)83-36-16(9-54)75-43(29(67)23(36)61)81-34-14(7-52)73-41(27(65)21(34)59)79-33-13(6-51)72-42(26(64)20(33)58)80-35-15(8-53)74-44(28(66)22(35)60)82-37-17(10-55)76-46(84-39)30(68)24(37)62/h13-47,51-70H,1-12H2/t13-,14-,15-,16-,17-,18-,19-,20-,21-,22-,23-,24-,25-,26-,27-,28-,29-,30-,31-,32+,33-,34-,35-,36-,37-,38-,39+,40-,41-,42-,43-,44-,45-,46-,47+/m1/s1. The Morgan fingerprint density at radius 1 is 0.282 bits per heavy atom. The van der Waals surface area contributed by atoms with Crippen molar-refractivity contribution in [1.29, 1.82) is 0 Å². The van der Waals surface area contributed by atoms with Crippen molar-refractivity contribution < 1.29 is 173 Å². The zero-order valence-corrected chi connectivity index (χ0v) is 45.1. The third-order valence-electron chi connectivity index (χ3n) is 16.0. The van der Waals surface area contributed by atoms with E-state index >= 15 is 0 Å². The first-order valence-corrected chi connectivity index (χ1v) is 27.6. The molecule has 0 aromatic rings. The number of rotatable bonds is 14. The highest BCUT2D eigenvalue weighted by atomic mass is 16.8. The van der Waals surface area contributed by atoms with Gasteiger partial charge >= 0.3 is 0 Å². The molecule has 15 saturated heterocycles. The molecule has 38 heteroatoms. The van der Waals surface area contributed by atoms with Crippen LogP contribution in [0.25, 0.3) is 10.4 Å². The van der Waals surface area contributed by atoms with E-state index in [4.69, 9.17) is 76.6 Å². The highest BCUT2D eigenvalue weighted by Crippen LogP contribution is 2.39. The fourth-order valence-electron chi connectivity index (χ4n) is 11.3. The number of hydrogen-bond acceptors (Lipinski definition) is 36. The average Bonchev–Trinajstić information content (AvgIpc) is 1.73. The fourth-order valence-corrected chi connectivity index (χ4v) is 11.3. The first-order chi connectivity index (χ1) is 40.7. The Hall–Kier alpha value is -2.09. The van der Waals surface area contributed by atoms with Crippen molar-refractivity contribution in [2.45, 2.75) is 234 Å². The quantitative estimate of drug-likeness (QED) is 0.0332. The van der Waals surface area contributed by atoms with Crippen LogP contribution in [0.15, 0.2) is 5.11 Å². The van der Waals surface area contributed by atoms with Gasteiger partial charge in [0.15, 0.2) is 44.0 Å². The normalized spacial score (nSPS) is 51.1. The molecule has 15 heterocycles. The van der Waals surface area contributed by atoms with Gasteiger partial charge in [0.05, 0.1) is 46.2 Å². The second-order valence-corrected chi connectivity index (χ2v) is 21.5. The molecule has 20 N–H and O–H groups in total. The molecule has 492 valence electrons. The minimum Gasteiger partial charge on any atom is -0.394 e. The molecule has 14 bridgehead atoms. The van der Waals surface area contributed by atoms with Crippen LogP contribution < -0.4 is 0 Å². The molecule has 0 radical (unpaired) electrons. The summed E-state index contributed by atoms with van der Waals surface area (Å²) < 4.78 is 87.3. The van der Waals surface area contributed by atoms with E-state index in [2.05, 4.69) is 10.0 Å². The van der Waals surface area contributed by atoms with E-state index < -0.39 is 261 Å². The summed E-state index contributed by atoms with van der Waals surface area (Å²) in [6.07, 6.45) is -68.3. The number of azide groups is 1. The molecule has 0 aromatic heterocycles. The van der Waals surface area contributed by atoms with Crippen molar-refractivity contribution >= 4 is 0 Å².